The fraction of sp³-hybridized carbons (Fsp3) is 0.474. The number of guanidine groups is 1. The third-order valence-corrected chi connectivity index (χ3v) is 3.93. The molecule has 0 aromatic heterocycles. The van der Waals surface area contributed by atoms with E-state index in [0.717, 1.165) is 25.5 Å². The first-order chi connectivity index (χ1) is 11.5. The third kappa shape index (κ3) is 6.68. The van der Waals surface area contributed by atoms with Crippen LogP contribution in [0.4, 0.5) is 0 Å². The van der Waals surface area contributed by atoms with Gasteiger partial charge in [0.25, 0.3) is 0 Å². The van der Waals surface area contributed by atoms with Gasteiger partial charge in [-0.05, 0) is 31.4 Å². The first-order valence-corrected chi connectivity index (χ1v) is 8.48. The van der Waals surface area contributed by atoms with E-state index in [9.17, 15) is 4.79 Å². The molecule has 1 amide bonds. The summed E-state index contributed by atoms with van der Waals surface area (Å²) in [6.45, 7) is 6.04. The number of aliphatic imine (C=N–C) groups is 1. The highest BCUT2D eigenvalue weighted by atomic mass is 127. The van der Waals surface area contributed by atoms with E-state index in [1.165, 1.54) is 11.1 Å². The number of nitrogens with one attached hydrogen (secondary N) is 1. The Labute approximate surface area is 168 Å². The number of carbonyl (C=O) groups is 1. The average molecular weight is 456 g/mol. The lowest BCUT2D eigenvalue weighted by Crippen LogP contribution is -2.46. The van der Waals surface area contributed by atoms with Gasteiger partial charge in [0.2, 0.25) is 5.91 Å². The van der Waals surface area contributed by atoms with E-state index in [4.69, 9.17) is 0 Å². The van der Waals surface area contributed by atoms with Crippen molar-refractivity contribution in [3.05, 3.63) is 42.0 Å². The van der Waals surface area contributed by atoms with E-state index in [2.05, 4.69) is 59.4 Å². The molecule has 0 unspecified atom stereocenters. The van der Waals surface area contributed by atoms with Gasteiger partial charge in [-0.25, -0.2) is 4.99 Å². The number of hydrogen-bond acceptors (Lipinski definition) is 2. The lowest BCUT2D eigenvalue weighted by atomic mass is 10.00. The van der Waals surface area contributed by atoms with Crippen molar-refractivity contribution in [2.24, 2.45) is 4.99 Å². The Hall–Kier alpha value is -1.57. The monoisotopic (exact) mass is 456 g/mol. The summed E-state index contributed by atoms with van der Waals surface area (Å²) in [4.78, 5) is 20.1. The molecule has 0 aliphatic carbocycles. The smallest absolute Gasteiger partial charge is 0.243 e. The van der Waals surface area contributed by atoms with Crippen LogP contribution in [0.15, 0.2) is 41.4 Å². The van der Waals surface area contributed by atoms with Gasteiger partial charge >= 0.3 is 0 Å². The summed E-state index contributed by atoms with van der Waals surface area (Å²) in [5.74, 6) is 0.819. The van der Waals surface area contributed by atoms with Gasteiger partial charge in [-0.3, -0.25) is 4.79 Å². The Morgan fingerprint density at radius 1 is 1.28 bits per heavy atom. The van der Waals surface area contributed by atoms with Gasteiger partial charge in [0, 0.05) is 33.2 Å². The molecule has 1 aromatic carbocycles. The molecule has 0 bridgehead atoms. The number of rotatable bonds is 4. The normalized spacial score (nSPS) is 14.7. The van der Waals surface area contributed by atoms with Gasteiger partial charge in [0.05, 0.1) is 0 Å². The minimum atomic E-state index is 0. The number of likely N-dealkylation sites (N-methyl/N-ethyl adjacent to an activating group) is 1. The number of amides is 1. The highest BCUT2D eigenvalue weighted by molar-refractivity contribution is 14.0. The van der Waals surface area contributed by atoms with E-state index in [-0.39, 0.29) is 42.5 Å². The van der Waals surface area contributed by atoms with Gasteiger partial charge in [-0.15, -0.1) is 24.0 Å². The summed E-state index contributed by atoms with van der Waals surface area (Å²) in [5.41, 5.74) is 2.66. The third-order valence-electron chi connectivity index (χ3n) is 3.93. The zero-order chi connectivity index (χ0) is 17.5. The molecule has 0 saturated heterocycles. The van der Waals surface area contributed by atoms with Crippen molar-refractivity contribution in [3.63, 3.8) is 0 Å². The molecule has 6 heteroatoms. The highest BCUT2D eigenvalue weighted by Gasteiger charge is 2.17. The topological polar surface area (TPSA) is 47.9 Å². The number of carbonyl (C=O) groups excluding carboxylic acids is 1. The fourth-order valence-electron chi connectivity index (χ4n) is 2.55. The van der Waals surface area contributed by atoms with Gasteiger partial charge < -0.3 is 15.1 Å². The summed E-state index contributed by atoms with van der Waals surface area (Å²) >= 11 is 0. The van der Waals surface area contributed by atoms with Crippen LogP contribution in [0, 0.1) is 0 Å². The van der Waals surface area contributed by atoms with Crippen LogP contribution in [-0.4, -0.2) is 61.4 Å². The summed E-state index contributed by atoms with van der Waals surface area (Å²) < 4.78 is 0. The maximum absolute atomic E-state index is 11.8. The Kier molecular flexibility index (Phi) is 8.96. The van der Waals surface area contributed by atoms with Gasteiger partial charge in [0.1, 0.15) is 6.54 Å². The number of nitrogens with zero attached hydrogens (tertiary/aromatic N) is 3. The average Bonchev–Trinajstić information content (AvgIpc) is 2.59. The molecule has 138 valence electrons. The molecule has 0 spiro atoms. The second kappa shape index (κ2) is 10.4. The van der Waals surface area contributed by atoms with Crippen molar-refractivity contribution < 1.29 is 4.79 Å². The Bertz CT molecular complexity index is 611. The standard InChI is InChI=1S/C19H28N4O.HI/c1-15(2)21-19(20-14-18(24)22(3)4)23-12-10-17(11-13-23)16-8-6-5-7-9-16;/h5-10,15H,11-14H2,1-4H3,(H,20,21);1H. The molecular weight excluding hydrogens is 427 g/mol. The molecule has 0 saturated carbocycles. The van der Waals surface area contributed by atoms with Crippen LogP contribution in [0.1, 0.15) is 25.8 Å². The molecule has 2 rings (SSSR count). The maximum Gasteiger partial charge on any atom is 0.243 e. The molecule has 5 nitrogen and oxygen atoms in total. The van der Waals surface area contributed by atoms with Crippen molar-refractivity contribution >= 4 is 41.4 Å². The van der Waals surface area contributed by atoms with Gasteiger partial charge in [-0.1, -0.05) is 36.4 Å². The van der Waals surface area contributed by atoms with E-state index in [1.807, 2.05) is 6.07 Å². The Morgan fingerprint density at radius 3 is 2.48 bits per heavy atom. The number of hydrogen-bond donors (Lipinski definition) is 1. The number of halogens is 1. The minimum Gasteiger partial charge on any atom is -0.354 e. The molecule has 0 fully saturated rings. The first kappa shape index (κ1) is 21.5. The zero-order valence-electron chi connectivity index (χ0n) is 15.5. The van der Waals surface area contributed by atoms with Crippen molar-refractivity contribution in [3.8, 4) is 0 Å². The SMILES string of the molecule is CC(C)NC(=NCC(=O)N(C)C)N1CC=C(c2ccccc2)CC1.I. The molecule has 25 heavy (non-hydrogen) atoms. The zero-order valence-corrected chi connectivity index (χ0v) is 17.9. The van der Waals surface area contributed by atoms with E-state index < -0.39 is 0 Å². The van der Waals surface area contributed by atoms with E-state index in [1.54, 1.807) is 19.0 Å². The second-order valence-electron chi connectivity index (χ2n) is 6.52. The van der Waals surface area contributed by atoms with Crippen LogP contribution in [0.5, 0.6) is 0 Å². The van der Waals surface area contributed by atoms with Crippen molar-refractivity contribution in [2.75, 3.05) is 33.7 Å². The Morgan fingerprint density at radius 2 is 1.96 bits per heavy atom. The lowest BCUT2D eigenvalue weighted by Gasteiger charge is -2.31. The molecule has 1 heterocycles. The van der Waals surface area contributed by atoms with Gasteiger partial charge in [0.15, 0.2) is 5.96 Å². The maximum atomic E-state index is 11.8. The molecule has 1 aromatic rings. The van der Waals surface area contributed by atoms with Crippen LogP contribution in [-0.2, 0) is 4.79 Å². The van der Waals surface area contributed by atoms with Crippen LogP contribution in [0.25, 0.3) is 5.57 Å². The summed E-state index contributed by atoms with van der Waals surface area (Å²) in [5, 5.41) is 3.37. The first-order valence-electron chi connectivity index (χ1n) is 8.48. The van der Waals surface area contributed by atoms with Crippen LogP contribution in [0.2, 0.25) is 0 Å². The minimum absolute atomic E-state index is 0. The lowest BCUT2D eigenvalue weighted by molar-refractivity contribution is -0.127. The summed E-state index contributed by atoms with van der Waals surface area (Å²) in [7, 11) is 3.51. The van der Waals surface area contributed by atoms with Crippen molar-refractivity contribution in [1.29, 1.82) is 0 Å². The highest BCUT2D eigenvalue weighted by Crippen LogP contribution is 2.22. The second-order valence-corrected chi connectivity index (χ2v) is 6.52. The van der Waals surface area contributed by atoms with Crippen LogP contribution >= 0.6 is 24.0 Å². The molecule has 1 N–H and O–H groups in total. The predicted molar refractivity (Wildman–Crippen MR) is 115 cm³/mol. The largest absolute Gasteiger partial charge is 0.354 e. The van der Waals surface area contributed by atoms with Gasteiger partial charge in [-0.2, -0.15) is 0 Å². The molecule has 1 aliphatic heterocycles. The summed E-state index contributed by atoms with van der Waals surface area (Å²) in [6, 6.07) is 10.8. The predicted octanol–water partition coefficient (Wildman–Crippen LogP) is 2.84. The quantitative estimate of drug-likeness (QED) is 0.431. The summed E-state index contributed by atoms with van der Waals surface area (Å²) in [6.07, 6.45) is 3.23. The van der Waals surface area contributed by atoms with Crippen molar-refractivity contribution in [1.82, 2.24) is 15.1 Å². The van der Waals surface area contributed by atoms with E-state index in [0.29, 0.717) is 0 Å². The van der Waals surface area contributed by atoms with E-state index >= 15 is 0 Å². The molecule has 0 atom stereocenters. The van der Waals surface area contributed by atoms with Crippen molar-refractivity contribution in [2.45, 2.75) is 26.3 Å². The molecule has 1 aliphatic rings. The number of benzene rings is 1. The molecule has 0 radical (unpaired) electrons. The molecular formula is C19H29IN4O. The van der Waals surface area contributed by atoms with Crippen LogP contribution in [0.3, 0.4) is 0 Å². The Balaban J connectivity index is 0.00000312. The fourth-order valence-corrected chi connectivity index (χ4v) is 2.55. The van der Waals surface area contributed by atoms with Crippen LogP contribution < -0.4 is 5.32 Å².